The fraction of sp³-hybridized carbons (Fsp3) is 0.160. The molecular weight excluding hydrogens is 390 g/mol. The van der Waals surface area contributed by atoms with Crippen molar-refractivity contribution in [3.05, 3.63) is 88.2 Å². The molecule has 1 aromatic heterocycles. The van der Waals surface area contributed by atoms with E-state index >= 15 is 0 Å². The molecule has 0 aliphatic carbocycles. The highest BCUT2D eigenvalue weighted by Crippen LogP contribution is 2.25. The van der Waals surface area contributed by atoms with Crippen LogP contribution in [0.4, 0.5) is 10.5 Å². The number of imide groups is 2. The van der Waals surface area contributed by atoms with E-state index in [2.05, 4.69) is 5.32 Å². The number of amides is 4. The van der Waals surface area contributed by atoms with E-state index in [0.717, 1.165) is 27.3 Å². The van der Waals surface area contributed by atoms with Crippen LogP contribution in [0.1, 0.15) is 27.9 Å². The number of urea groups is 1. The average molecular weight is 413 g/mol. The van der Waals surface area contributed by atoms with Gasteiger partial charge in [-0.3, -0.25) is 14.9 Å². The van der Waals surface area contributed by atoms with Crippen LogP contribution in [-0.2, 0) is 9.59 Å². The molecule has 6 heteroatoms. The molecule has 1 fully saturated rings. The summed E-state index contributed by atoms with van der Waals surface area (Å²) < 4.78 is 1.90. The van der Waals surface area contributed by atoms with Gasteiger partial charge in [0.1, 0.15) is 5.57 Å². The van der Waals surface area contributed by atoms with Crippen molar-refractivity contribution in [2.75, 3.05) is 4.90 Å². The number of carbonyl (C=O) groups is 3. The average Bonchev–Trinajstić information content (AvgIpc) is 3.14. The maximum Gasteiger partial charge on any atom is 0.335 e. The molecular formula is C25H23N3O3. The highest BCUT2D eigenvalue weighted by Gasteiger charge is 2.37. The van der Waals surface area contributed by atoms with Gasteiger partial charge in [0.15, 0.2) is 0 Å². The summed E-state index contributed by atoms with van der Waals surface area (Å²) in [6.07, 6.45) is 3.39. The van der Waals surface area contributed by atoms with Crippen molar-refractivity contribution >= 4 is 29.6 Å². The molecule has 2 aromatic carbocycles. The van der Waals surface area contributed by atoms with Crippen LogP contribution >= 0.6 is 0 Å². The second-order valence-electron chi connectivity index (χ2n) is 7.88. The molecule has 0 spiro atoms. The molecule has 1 aliphatic rings. The Bertz CT molecular complexity index is 1250. The molecule has 31 heavy (non-hydrogen) atoms. The molecule has 4 rings (SSSR count). The number of aryl methyl sites for hydroxylation is 4. The van der Waals surface area contributed by atoms with Gasteiger partial charge in [-0.2, -0.15) is 0 Å². The quantitative estimate of drug-likeness (QED) is 0.512. The number of nitrogens with one attached hydrogen (secondary N) is 1. The molecule has 3 aromatic rings. The number of aromatic nitrogens is 1. The Morgan fingerprint density at radius 2 is 1.52 bits per heavy atom. The maximum absolute atomic E-state index is 13.2. The minimum absolute atomic E-state index is 0.0949. The molecule has 1 aliphatic heterocycles. The fourth-order valence-electron chi connectivity index (χ4n) is 3.74. The molecule has 0 radical (unpaired) electrons. The third-order valence-electron chi connectivity index (χ3n) is 5.41. The smallest absolute Gasteiger partial charge is 0.317 e. The van der Waals surface area contributed by atoms with Gasteiger partial charge in [0.25, 0.3) is 11.8 Å². The predicted molar refractivity (Wildman–Crippen MR) is 120 cm³/mol. The number of anilines is 1. The van der Waals surface area contributed by atoms with Crippen LogP contribution < -0.4 is 10.2 Å². The van der Waals surface area contributed by atoms with Crippen molar-refractivity contribution in [1.82, 2.24) is 9.88 Å². The highest BCUT2D eigenvalue weighted by atomic mass is 16.2. The zero-order valence-electron chi connectivity index (χ0n) is 17.9. The topological polar surface area (TPSA) is 71.4 Å². The monoisotopic (exact) mass is 413 g/mol. The standard InChI is InChI=1S/C25H23N3O3/c1-15-10-16(2)12-21(11-15)28-24(30)22(23(29)26-25(28)31)14-19-6-5-9-27(19)20-8-7-17(3)18(4)13-20/h5-14H,1-4H3,(H,26,29,31)/b22-14+. The zero-order chi connectivity index (χ0) is 22.3. The highest BCUT2D eigenvalue weighted by molar-refractivity contribution is 6.39. The molecule has 6 nitrogen and oxygen atoms in total. The van der Waals surface area contributed by atoms with E-state index in [-0.39, 0.29) is 5.57 Å². The van der Waals surface area contributed by atoms with Crippen molar-refractivity contribution in [2.45, 2.75) is 27.7 Å². The summed E-state index contributed by atoms with van der Waals surface area (Å²) in [7, 11) is 0. The lowest BCUT2D eigenvalue weighted by atomic mass is 10.1. The molecule has 1 N–H and O–H groups in total. The maximum atomic E-state index is 13.2. The van der Waals surface area contributed by atoms with Crippen molar-refractivity contribution in [1.29, 1.82) is 0 Å². The van der Waals surface area contributed by atoms with Gasteiger partial charge >= 0.3 is 6.03 Å². The van der Waals surface area contributed by atoms with Gasteiger partial charge in [-0.15, -0.1) is 0 Å². The third-order valence-corrected chi connectivity index (χ3v) is 5.41. The Morgan fingerprint density at radius 3 is 2.19 bits per heavy atom. The minimum Gasteiger partial charge on any atom is -0.317 e. The summed E-state index contributed by atoms with van der Waals surface area (Å²) >= 11 is 0. The molecule has 2 heterocycles. The summed E-state index contributed by atoms with van der Waals surface area (Å²) in [6, 6.07) is 14.4. The van der Waals surface area contributed by atoms with E-state index in [1.807, 2.05) is 74.9 Å². The van der Waals surface area contributed by atoms with Crippen molar-refractivity contribution in [3.8, 4) is 5.69 Å². The molecule has 0 unspecified atom stereocenters. The van der Waals surface area contributed by atoms with E-state index < -0.39 is 17.8 Å². The van der Waals surface area contributed by atoms with Crippen LogP contribution in [0, 0.1) is 27.7 Å². The first-order chi connectivity index (χ1) is 14.7. The van der Waals surface area contributed by atoms with Crippen LogP contribution in [0.3, 0.4) is 0 Å². The largest absolute Gasteiger partial charge is 0.335 e. The third kappa shape index (κ3) is 3.80. The number of nitrogens with zero attached hydrogens (tertiary/aromatic N) is 2. The number of carbonyl (C=O) groups excluding carboxylic acids is 3. The Kier molecular flexibility index (Phi) is 5.07. The van der Waals surface area contributed by atoms with Gasteiger partial charge in [0.2, 0.25) is 0 Å². The van der Waals surface area contributed by atoms with Gasteiger partial charge in [-0.05, 0) is 92.4 Å². The first-order valence-corrected chi connectivity index (χ1v) is 9.99. The zero-order valence-corrected chi connectivity index (χ0v) is 17.9. The summed E-state index contributed by atoms with van der Waals surface area (Å²) in [5.41, 5.74) is 6.08. The van der Waals surface area contributed by atoms with Crippen LogP contribution in [0.25, 0.3) is 11.8 Å². The van der Waals surface area contributed by atoms with Crippen LogP contribution in [-0.4, -0.2) is 22.4 Å². The van der Waals surface area contributed by atoms with Crippen LogP contribution in [0.5, 0.6) is 0 Å². The Morgan fingerprint density at radius 1 is 0.806 bits per heavy atom. The van der Waals surface area contributed by atoms with Crippen LogP contribution in [0.15, 0.2) is 60.3 Å². The second kappa shape index (κ2) is 7.72. The van der Waals surface area contributed by atoms with Gasteiger partial charge in [-0.25, -0.2) is 9.69 Å². The summed E-state index contributed by atoms with van der Waals surface area (Å²) in [4.78, 5) is 39.2. The van der Waals surface area contributed by atoms with Gasteiger partial charge in [0.05, 0.1) is 5.69 Å². The lowest BCUT2D eigenvalue weighted by Gasteiger charge is -2.27. The van der Waals surface area contributed by atoms with Gasteiger partial charge < -0.3 is 4.57 Å². The number of barbiturate groups is 1. The van der Waals surface area contributed by atoms with Crippen molar-refractivity contribution in [3.63, 3.8) is 0 Å². The minimum atomic E-state index is -0.748. The first kappa shape index (κ1) is 20.3. The molecule has 1 saturated heterocycles. The SMILES string of the molecule is Cc1cc(C)cc(N2C(=O)NC(=O)/C(=C\c3cccn3-c3ccc(C)c(C)c3)C2=O)c1. The van der Waals surface area contributed by atoms with Crippen molar-refractivity contribution < 1.29 is 14.4 Å². The molecule has 4 amide bonds. The number of rotatable bonds is 3. The summed E-state index contributed by atoms with van der Waals surface area (Å²) in [5, 5.41) is 2.29. The number of hydrogen-bond donors (Lipinski definition) is 1. The molecule has 0 saturated carbocycles. The van der Waals surface area contributed by atoms with E-state index in [9.17, 15) is 14.4 Å². The molecule has 0 atom stereocenters. The fourth-order valence-corrected chi connectivity index (χ4v) is 3.74. The van der Waals surface area contributed by atoms with E-state index in [0.29, 0.717) is 11.4 Å². The molecule has 0 bridgehead atoms. The molecule has 156 valence electrons. The van der Waals surface area contributed by atoms with E-state index in [1.165, 1.54) is 11.6 Å². The Balaban J connectivity index is 1.76. The number of hydrogen-bond acceptors (Lipinski definition) is 3. The van der Waals surface area contributed by atoms with Gasteiger partial charge in [-0.1, -0.05) is 12.1 Å². The second-order valence-corrected chi connectivity index (χ2v) is 7.88. The summed E-state index contributed by atoms with van der Waals surface area (Å²) in [6.45, 7) is 7.86. The Labute approximate surface area is 180 Å². The normalized spacial score (nSPS) is 15.5. The van der Waals surface area contributed by atoms with Gasteiger partial charge in [0, 0.05) is 17.6 Å². The van der Waals surface area contributed by atoms with Crippen molar-refractivity contribution in [2.24, 2.45) is 0 Å². The Hall–Kier alpha value is -3.93. The lowest BCUT2D eigenvalue weighted by Crippen LogP contribution is -2.54. The summed E-state index contributed by atoms with van der Waals surface area (Å²) in [5.74, 6) is -1.35. The van der Waals surface area contributed by atoms with E-state index in [4.69, 9.17) is 0 Å². The predicted octanol–water partition coefficient (Wildman–Crippen LogP) is 4.38. The van der Waals surface area contributed by atoms with E-state index in [1.54, 1.807) is 12.1 Å². The first-order valence-electron chi connectivity index (χ1n) is 9.99. The number of benzene rings is 2. The van der Waals surface area contributed by atoms with Crippen LogP contribution in [0.2, 0.25) is 0 Å². The lowest BCUT2D eigenvalue weighted by molar-refractivity contribution is -0.122.